The van der Waals surface area contributed by atoms with Crippen molar-refractivity contribution in [2.24, 2.45) is 5.84 Å². The first-order valence-electron chi connectivity index (χ1n) is 6.93. The quantitative estimate of drug-likeness (QED) is 0.414. The largest absolute Gasteiger partial charge is 0.444 e. The summed E-state index contributed by atoms with van der Waals surface area (Å²) in [6, 6.07) is 8.56. The lowest BCUT2D eigenvalue weighted by Gasteiger charge is -2.22. The number of nitrogens with one attached hydrogen (secondary N) is 2. The SMILES string of the molecule is CC(C)(C)OC(=O)NC(COCc1ccccc1)C(=O)NN. The van der Waals surface area contributed by atoms with Crippen LogP contribution in [0.15, 0.2) is 30.3 Å². The van der Waals surface area contributed by atoms with Crippen LogP contribution < -0.4 is 16.6 Å². The number of carbonyl (C=O) groups is 2. The summed E-state index contributed by atoms with van der Waals surface area (Å²) in [6.07, 6.45) is -0.704. The number of hydrogen-bond acceptors (Lipinski definition) is 5. The third-order valence-corrected chi connectivity index (χ3v) is 2.55. The Morgan fingerprint density at radius 3 is 2.41 bits per heavy atom. The molecule has 1 aromatic carbocycles. The van der Waals surface area contributed by atoms with Gasteiger partial charge < -0.3 is 14.8 Å². The monoisotopic (exact) mass is 309 g/mol. The number of amides is 2. The summed E-state index contributed by atoms with van der Waals surface area (Å²) in [5.74, 6) is 4.55. The van der Waals surface area contributed by atoms with E-state index in [1.54, 1.807) is 20.8 Å². The zero-order chi connectivity index (χ0) is 16.6. The summed E-state index contributed by atoms with van der Waals surface area (Å²) in [5.41, 5.74) is 2.30. The molecule has 1 unspecified atom stereocenters. The third-order valence-electron chi connectivity index (χ3n) is 2.55. The fraction of sp³-hybridized carbons (Fsp3) is 0.467. The lowest BCUT2D eigenvalue weighted by Crippen LogP contribution is -2.52. The maximum atomic E-state index is 11.7. The van der Waals surface area contributed by atoms with E-state index >= 15 is 0 Å². The molecule has 0 saturated carbocycles. The maximum Gasteiger partial charge on any atom is 0.408 e. The molecular formula is C15H23N3O4. The molecule has 0 aliphatic heterocycles. The van der Waals surface area contributed by atoms with E-state index in [0.717, 1.165) is 5.56 Å². The molecule has 0 aromatic heterocycles. The molecule has 7 heteroatoms. The minimum Gasteiger partial charge on any atom is -0.444 e. The number of benzene rings is 1. The number of rotatable bonds is 6. The van der Waals surface area contributed by atoms with E-state index in [0.29, 0.717) is 6.61 Å². The van der Waals surface area contributed by atoms with Crippen molar-refractivity contribution in [1.82, 2.24) is 10.7 Å². The first-order valence-corrected chi connectivity index (χ1v) is 6.93. The number of alkyl carbamates (subject to hydrolysis) is 1. The highest BCUT2D eigenvalue weighted by atomic mass is 16.6. The first kappa shape index (κ1) is 17.9. The van der Waals surface area contributed by atoms with E-state index < -0.39 is 23.6 Å². The molecular weight excluding hydrogens is 286 g/mol. The van der Waals surface area contributed by atoms with Gasteiger partial charge in [-0.25, -0.2) is 10.6 Å². The van der Waals surface area contributed by atoms with E-state index in [2.05, 4.69) is 5.32 Å². The highest BCUT2D eigenvalue weighted by molar-refractivity contribution is 5.85. The molecule has 0 aliphatic carbocycles. The predicted molar refractivity (Wildman–Crippen MR) is 81.6 cm³/mol. The van der Waals surface area contributed by atoms with Crippen LogP contribution in [0.5, 0.6) is 0 Å². The fourth-order valence-corrected chi connectivity index (χ4v) is 1.60. The molecule has 1 rings (SSSR count). The molecule has 0 radical (unpaired) electrons. The van der Waals surface area contributed by atoms with Gasteiger partial charge in [-0.2, -0.15) is 0 Å². The lowest BCUT2D eigenvalue weighted by atomic mass is 10.2. The topological polar surface area (TPSA) is 103 Å². The molecule has 0 saturated heterocycles. The Morgan fingerprint density at radius 1 is 1.23 bits per heavy atom. The van der Waals surface area contributed by atoms with Crippen molar-refractivity contribution in [3.05, 3.63) is 35.9 Å². The van der Waals surface area contributed by atoms with Gasteiger partial charge in [-0.3, -0.25) is 10.2 Å². The van der Waals surface area contributed by atoms with Crippen LogP contribution in [0.1, 0.15) is 26.3 Å². The standard InChI is InChI=1S/C15H23N3O4/c1-15(2,3)22-14(20)17-12(13(19)18-16)10-21-9-11-7-5-4-6-8-11/h4-8,12H,9-10,16H2,1-3H3,(H,17,20)(H,18,19). The van der Waals surface area contributed by atoms with Gasteiger partial charge >= 0.3 is 6.09 Å². The zero-order valence-electron chi connectivity index (χ0n) is 13.1. The Bertz CT molecular complexity index is 485. The van der Waals surface area contributed by atoms with E-state index in [9.17, 15) is 9.59 Å². The van der Waals surface area contributed by atoms with E-state index in [1.165, 1.54) is 0 Å². The summed E-state index contributed by atoms with van der Waals surface area (Å²) < 4.78 is 10.6. The Balaban J connectivity index is 2.50. The van der Waals surface area contributed by atoms with Crippen molar-refractivity contribution in [3.8, 4) is 0 Å². The molecule has 1 aromatic rings. The summed E-state index contributed by atoms with van der Waals surface area (Å²) >= 11 is 0. The highest BCUT2D eigenvalue weighted by Gasteiger charge is 2.24. The molecule has 4 N–H and O–H groups in total. The van der Waals surface area contributed by atoms with Crippen molar-refractivity contribution >= 4 is 12.0 Å². The average Bonchev–Trinajstić information content (AvgIpc) is 2.44. The molecule has 7 nitrogen and oxygen atoms in total. The zero-order valence-corrected chi connectivity index (χ0v) is 13.1. The lowest BCUT2D eigenvalue weighted by molar-refractivity contribution is -0.124. The van der Waals surface area contributed by atoms with Gasteiger partial charge in [0.25, 0.3) is 5.91 Å². The highest BCUT2D eigenvalue weighted by Crippen LogP contribution is 2.07. The number of hydrogen-bond donors (Lipinski definition) is 3. The minimum atomic E-state index is -0.927. The molecule has 0 fully saturated rings. The van der Waals surface area contributed by atoms with Crippen molar-refractivity contribution in [2.45, 2.75) is 39.0 Å². The Kier molecular flexibility index (Phi) is 6.81. The van der Waals surface area contributed by atoms with Gasteiger partial charge in [0.15, 0.2) is 0 Å². The van der Waals surface area contributed by atoms with Crippen LogP contribution >= 0.6 is 0 Å². The van der Waals surface area contributed by atoms with Crippen molar-refractivity contribution in [3.63, 3.8) is 0 Å². The molecule has 1 atom stereocenters. The van der Waals surface area contributed by atoms with Crippen molar-refractivity contribution < 1.29 is 19.1 Å². The second-order valence-electron chi connectivity index (χ2n) is 5.71. The predicted octanol–water partition coefficient (Wildman–Crippen LogP) is 1.09. The molecule has 0 bridgehead atoms. The summed E-state index contributed by atoms with van der Waals surface area (Å²) in [6.45, 7) is 5.51. The maximum absolute atomic E-state index is 11.7. The van der Waals surface area contributed by atoms with Gasteiger partial charge in [0.1, 0.15) is 11.6 Å². The number of carbonyl (C=O) groups excluding carboxylic acids is 2. The molecule has 0 spiro atoms. The number of hydrazine groups is 1. The second-order valence-corrected chi connectivity index (χ2v) is 5.71. The van der Waals surface area contributed by atoms with E-state index in [1.807, 2.05) is 35.8 Å². The normalized spacial score (nSPS) is 12.4. The molecule has 0 aliphatic rings. The molecule has 122 valence electrons. The van der Waals surface area contributed by atoms with Crippen LogP contribution in [0, 0.1) is 0 Å². The van der Waals surface area contributed by atoms with Crippen LogP contribution in [0.4, 0.5) is 4.79 Å². The van der Waals surface area contributed by atoms with Crippen LogP contribution in [0.3, 0.4) is 0 Å². The second kappa shape index (κ2) is 8.35. The summed E-state index contributed by atoms with van der Waals surface area (Å²) in [4.78, 5) is 23.4. The van der Waals surface area contributed by atoms with Gasteiger partial charge in [0, 0.05) is 0 Å². The molecule has 0 heterocycles. The number of ether oxygens (including phenoxy) is 2. The van der Waals surface area contributed by atoms with E-state index in [-0.39, 0.29) is 6.61 Å². The number of nitrogens with two attached hydrogens (primary N) is 1. The van der Waals surface area contributed by atoms with Gasteiger partial charge in [-0.15, -0.1) is 0 Å². The Hall–Kier alpha value is -2.12. The van der Waals surface area contributed by atoms with Crippen LogP contribution in [0.25, 0.3) is 0 Å². The van der Waals surface area contributed by atoms with Crippen LogP contribution in [0.2, 0.25) is 0 Å². The van der Waals surface area contributed by atoms with E-state index in [4.69, 9.17) is 15.3 Å². The average molecular weight is 309 g/mol. The summed E-state index contributed by atoms with van der Waals surface area (Å²) in [5, 5.41) is 2.43. The third kappa shape index (κ3) is 7.05. The fourth-order valence-electron chi connectivity index (χ4n) is 1.60. The van der Waals surface area contributed by atoms with Gasteiger partial charge in [0.05, 0.1) is 13.2 Å². The van der Waals surface area contributed by atoms with Gasteiger partial charge in [-0.05, 0) is 26.3 Å². The first-order chi connectivity index (χ1) is 10.3. The molecule has 22 heavy (non-hydrogen) atoms. The summed E-state index contributed by atoms with van der Waals surface area (Å²) in [7, 11) is 0. The minimum absolute atomic E-state index is 0.0167. The molecule has 2 amide bonds. The van der Waals surface area contributed by atoms with Crippen molar-refractivity contribution in [1.29, 1.82) is 0 Å². The van der Waals surface area contributed by atoms with Crippen molar-refractivity contribution in [2.75, 3.05) is 6.61 Å². The van der Waals surface area contributed by atoms with Gasteiger partial charge in [-0.1, -0.05) is 30.3 Å². The van der Waals surface area contributed by atoms with Crippen LogP contribution in [-0.4, -0.2) is 30.3 Å². The smallest absolute Gasteiger partial charge is 0.408 e. The van der Waals surface area contributed by atoms with Crippen LogP contribution in [-0.2, 0) is 20.9 Å². The Morgan fingerprint density at radius 2 is 1.86 bits per heavy atom. The van der Waals surface area contributed by atoms with Gasteiger partial charge in [0.2, 0.25) is 0 Å². The Labute approximate surface area is 130 Å².